The lowest BCUT2D eigenvalue weighted by atomic mass is 9.80. The number of piperidine rings is 3. The molecule has 3 heterocycles. The van der Waals surface area contributed by atoms with Gasteiger partial charge in [0, 0.05) is 33.2 Å². The van der Waals surface area contributed by atoms with Crippen LogP contribution in [0.25, 0.3) is 0 Å². The minimum atomic E-state index is -0.845. The van der Waals surface area contributed by atoms with Gasteiger partial charge in [-0.2, -0.15) is 15.2 Å². The molecule has 0 unspecified atom stereocenters. The average molecular weight is 770 g/mol. The Morgan fingerprint density at radius 1 is 0.396 bits per heavy atom. The van der Waals surface area contributed by atoms with E-state index in [1.807, 2.05) is 15.2 Å². The van der Waals surface area contributed by atoms with Crippen LogP contribution >= 0.6 is 0 Å². The second-order valence-corrected chi connectivity index (χ2v) is 21.2. The van der Waals surface area contributed by atoms with Crippen LogP contribution in [-0.2, 0) is 14.5 Å². The highest BCUT2D eigenvalue weighted by molar-refractivity contribution is 4.99. The highest BCUT2D eigenvalue weighted by Crippen LogP contribution is 2.41. The van der Waals surface area contributed by atoms with Crippen molar-refractivity contribution in [3.8, 4) is 0 Å². The van der Waals surface area contributed by atoms with Crippen molar-refractivity contribution in [3.05, 3.63) is 0 Å². The zero-order valence-electron chi connectivity index (χ0n) is 37.3. The maximum Gasteiger partial charge on any atom is 0.0967 e. The van der Waals surface area contributed by atoms with Crippen LogP contribution in [0, 0.1) is 0 Å². The molecule has 0 atom stereocenters. The van der Waals surface area contributed by atoms with E-state index >= 15 is 0 Å². The van der Waals surface area contributed by atoms with E-state index in [-0.39, 0.29) is 83.7 Å². The van der Waals surface area contributed by atoms with E-state index in [4.69, 9.17) is 14.5 Å². The molecule has 0 bridgehead atoms. The van der Waals surface area contributed by atoms with Crippen molar-refractivity contribution in [2.45, 2.75) is 232 Å². The van der Waals surface area contributed by atoms with Crippen molar-refractivity contribution in [3.63, 3.8) is 0 Å². The van der Waals surface area contributed by atoms with Gasteiger partial charge < -0.3 is 42.9 Å². The third kappa shape index (κ3) is 18.1. The van der Waals surface area contributed by atoms with Gasteiger partial charge in [-0.3, -0.25) is 14.5 Å². The monoisotopic (exact) mass is 770 g/mol. The lowest BCUT2D eigenvalue weighted by molar-refractivity contribution is -0.306. The van der Waals surface area contributed by atoms with Crippen LogP contribution in [0.3, 0.4) is 0 Å². The molecule has 3 aliphatic heterocycles. The summed E-state index contributed by atoms with van der Waals surface area (Å²) in [5.41, 5.74) is -3.91. The van der Waals surface area contributed by atoms with Crippen molar-refractivity contribution < 1.29 is 45.2 Å². The number of hydroxylamine groups is 6. The minimum Gasteiger partial charge on any atom is -0.393 e. The number of hydrogen-bond acceptors (Lipinski definition) is 14. The molecule has 12 N–H and O–H groups in total. The molecule has 14 heteroatoms. The fourth-order valence-electron chi connectivity index (χ4n) is 8.35. The maximum absolute atomic E-state index is 9.89. The summed E-state index contributed by atoms with van der Waals surface area (Å²) in [5, 5.41) is 64.7. The Morgan fingerprint density at radius 2 is 0.528 bits per heavy atom. The number of aliphatic hydroxyl groups excluding tert-OH is 3. The Morgan fingerprint density at radius 3 is 0.642 bits per heavy atom. The second-order valence-electron chi connectivity index (χ2n) is 21.2. The topological polar surface area (TPSA) is 229 Å². The molecule has 0 aromatic carbocycles. The van der Waals surface area contributed by atoms with Gasteiger partial charge in [-0.1, -0.05) is 0 Å². The highest BCUT2D eigenvalue weighted by atomic mass is 16.7. The molecule has 0 aromatic heterocycles. The van der Waals surface area contributed by atoms with Crippen molar-refractivity contribution >= 4 is 0 Å². The Labute approximate surface area is 323 Å². The summed E-state index contributed by atoms with van der Waals surface area (Å²) in [6.45, 7) is 35.8. The average Bonchev–Trinajstić information content (AvgIpc) is 2.77. The first-order valence-corrected chi connectivity index (χ1v) is 18.8. The molecular weight excluding hydrogens is 682 g/mol. The SMILES string of the molecule is CC(C)(O)CON1C(C)(C)CC(O)CC1(C)C.CC(C)(O)CON1C(C)(C)CC(O)CC1(C)C.CC(C)(O)CON1C(C)(C)CC(O)CC1(C)C.N.N. The summed E-state index contributed by atoms with van der Waals surface area (Å²) in [7, 11) is 0. The minimum absolute atomic E-state index is 0. The summed E-state index contributed by atoms with van der Waals surface area (Å²) < 4.78 is 0. The van der Waals surface area contributed by atoms with E-state index < -0.39 is 16.8 Å². The third-order valence-corrected chi connectivity index (χ3v) is 9.35. The molecule has 14 nitrogen and oxygen atoms in total. The first kappa shape index (κ1) is 54.5. The summed E-state index contributed by atoms with van der Waals surface area (Å²) in [6, 6.07) is 0. The molecule has 0 amide bonds. The smallest absolute Gasteiger partial charge is 0.0967 e. The quantitative estimate of drug-likeness (QED) is 0.146. The van der Waals surface area contributed by atoms with Gasteiger partial charge in [-0.05, 0) is 163 Å². The first-order valence-electron chi connectivity index (χ1n) is 18.8. The van der Waals surface area contributed by atoms with E-state index in [9.17, 15) is 30.6 Å². The molecule has 3 fully saturated rings. The van der Waals surface area contributed by atoms with Crippen LogP contribution in [0.4, 0.5) is 0 Å². The van der Waals surface area contributed by atoms with Crippen LogP contribution in [-0.4, -0.2) is 134 Å². The highest BCUT2D eigenvalue weighted by Gasteiger charge is 2.49. The standard InChI is InChI=1S/3C13H27NO3.2H3N/c3*1-11(2)7-10(15)8-12(3,4)14(11)17-9-13(5,6)16;;/h3*10,15-16H,7-9H2,1-6H3;2*1H3. The lowest BCUT2D eigenvalue weighted by Gasteiger charge is -2.53. The molecule has 0 aromatic rings. The van der Waals surface area contributed by atoms with Gasteiger partial charge >= 0.3 is 0 Å². The van der Waals surface area contributed by atoms with E-state index in [0.29, 0.717) is 38.5 Å². The number of rotatable bonds is 9. The van der Waals surface area contributed by atoms with Crippen LogP contribution in [0.5, 0.6) is 0 Å². The number of nitrogens with zero attached hydrogens (tertiary/aromatic N) is 3. The van der Waals surface area contributed by atoms with Gasteiger partial charge in [0.15, 0.2) is 0 Å². The molecule has 0 spiro atoms. The van der Waals surface area contributed by atoms with E-state index in [1.54, 1.807) is 41.5 Å². The van der Waals surface area contributed by atoms with E-state index in [0.717, 1.165) is 0 Å². The van der Waals surface area contributed by atoms with Crippen molar-refractivity contribution in [2.24, 2.45) is 0 Å². The van der Waals surface area contributed by atoms with Gasteiger partial charge in [0.25, 0.3) is 0 Å². The third-order valence-electron chi connectivity index (χ3n) is 9.35. The van der Waals surface area contributed by atoms with Gasteiger partial charge in [0.1, 0.15) is 0 Å². The normalized spacial score (nSPS) is 25.1. The van der Waals surface area contributed by atoms with Crippen molar-refractivity contribution in [1.82, 2.24) is 27.5 Å². The zero-order valence-corrected chi connectivity index (χ0v) is 37.3. The Bertz CT molecular complexity index is 892. The van der Waals surface area contributed by atoms with Crippen LogP contribution < -0.4 is 12.3 Å². The van der Waals surface area contributed by atoms with Crippen LogP contribution in [0.1, 0.15) is 163 Å². The summed E-state index contributed by atoms with van der Waals surface area (Å²) in [4.78, 5) is 17.4. The molecule has 322 valence electrons. The molecule has 0 aliphatic carbocycles. The predicted octanol–water partition coefficient (Wildman–Crippen LogP) is 5.43. The fraction of sp³-hybridized carbons (Fsp3) is 1.00. The van der Waals surface area contributed by atoms with Crippen LogP contribution in [0.2, 0.25) is 0 Å². The lowest BCUT2D eigenvalue weighted by Crippen LogP contribution is -2.62. The zero-order chi connectivity index (χ0) is 40.4. The Kier molecular flexibility index (Phi) is 19.3. The fourth-order valence-corrected chi connectivity index (χ4v) is 8.35. The molecule has 3 rings (SSSR count). The van der Waals surface area contributed by atoms with Crippen LogP contribution in [0.15, 0.2) is 0 Å². The molecule has 0 saturated carbocycles. The Hall–Kier alpha value is -0.560. The van der Waals surface area contributed by atoms with Crippen molar-refractivity contribution in [2.75, 3.05) is 19.8 Å². The number of aliphatic hydroxyl groups is 6. The second kappa shape index (κ2) is 18.8. The molecular formula is C39H87N5O9. The molecule has 53 heavy (non-hydrogen) atoms. The van der Waals surface area contributed by atoms with Gasteiger partial charge in [0.2, 0.25) is 0 Å². The van der Waals surface area contributed by atoms with E-state index in [1.165, 1.54) is 0 Å². The Balaban J connectivity index is 0. The van der Waals surface area contributed by atoms with Crippen molar-refractivity contribution in [1.29, 1.82) is 0 Å². The number of hydrogen-bond donors (Lipinski definition) is 8. The van der Waals surface area contributed by atoms with Gasteiger partial charge in [-0.25, -0.2) is 0 Å². The van der Waals surface area contributed by atoms with Gasteiger partial charge in [-0.15, -0.1) is 0 Å². The summed E-state index contributed by atoms with van der Waals surface area (Å²) in [6.07, 6.45) is 3.23. The van der Waals surface area contributed by atoms with E-state index in [2.05, 4.69) is 83.1 Å². The first-order chi connectivity index (χ1) is 22.3. The maximum atomic E-state index is 9.89. The predicted molar refractivity (Wildman–Crippen MR) is 213 cm³/mol. The summed E-state index contributed by atoms with van der Waals surface area (Å²) >= 11 is 0. The molecule has 3 aliphatic rings. The molecule has 0 radical (unpaired) electrons. The largest absolute Gasteiger partial charge is 0.393 e. The van der Waals surface area contributed by atoms with Gasteiger partial charge in [0.05, 0.1) is 54.9 Å². The summed E-state index contributed by atoms with van der Waals surface area (Å²) in [5.74, 6) is 0. The molecule has 3 saturated heterocycles.